The molecule has 2 aliphatic carbocycles. The zero-order valence-electron chi connectivity index (χ0n) is 46.4. The van der Waals surface area contributed by atoms with E-state index >= 15 is 0 Å². The van der Waals surface area contributed by atoms with Crippen LogP contribution in [0.3, 0.4) is 0 Å². The number of hydrogen-bond acceptors (Lipinski definition) is 3. The molecule has 370 valence electrons. The van der Waals surface area contributed by atoms with Gasteiger partial charge in [-0.3, -0.25) is 0 Å². The van der Waals surface area contributed by atoms with Gasteiger partial charge in [-0.1, -0.05) is 182 Å². The molecule has 4 heteroatoms. The maximum Gasteiger partial charge on any atom is 0.252 e. The summed E-state index contributed by atoms with van der Waals surface area (Å²) >= 11 is 0. The van der Waals surface area contributed by atoms with E-state index in [-0.39, 0.29) is 44.7 Å². The molecule has 0 radical (unpaired) electrons. The Morgan fingerprint density at radius 3 is 1.78 bits per heavy atom. The summed E-state index contributed by atoms with van der Waals surface area (Å²) in [6.45, 7) is 34.0. The topological polar surface area (TPSA) is 9.72 Å². The summed E-state index contributed by atoms with van der Waals surface area (Å²) in [6.07, 6.45) is 7.05. The first-order valence-electron chi connectivity index (χ1n) is 27.8. The summed E-state index contributed by atoms with van der Waals surface area (Å²) in [4.78, 5) is 8.25. The molecular weight excluding hydrogens is 882 g/mol. The summed E-state index contributed by atoms with van der Waals surface area (Å²) in [7, 11) is 0. The van der Waals surface area contributed by atoms with Crippen molar-refractivity contribution in [3.05, 3.63) is 172 Å². The summed E-state index contributed by atoms with van der Waals surface area (Å²) in [5, 5.41) is 0. The fraction of sp³-hybridized carbons (Fsp3) is 0.391. The Hall–Kier alpha value is -6.00. The average molecular weight is 958 g/mol. The maximum atomic E-state index is 2.82. The van der Waals surface area contributed by atoms with Gasteiger partial charge in [-0.25, -0.2) is 0 Å². The van der Waals surface area contributed by atoms with Crippen LogP contribution in [0.2, 0.25) is 0 Å². The molecule has 3 nitrogen and oxygen atoms in total. The highest BCUT2D eigenvalue weighted by Crippen LogP contribution is 2.62. The van der Waals surface area contributed by atoms with E-state index in [1.807, 2.05) is 0 Å². The van der Waals surface area contributed by atoms with E-state index in [0.717, 1.165) is 19.3 Å². The molecule has 0 amide bonds. The van der Waals surface area contributed by atoms with Gasteiger partial charge in [0.25, 0.3) is 6.71 Å². The van der Waals surface area contributed by atoms with Crippen LogP contribution in [-0.2, 0) is 32.5 Å². The van der Waals surface area contributed by atoms with Gasteiger partial charge >= 0.3 is 0 Å². The Morgan fingerprint density at radius 1 is 0.438 bits per heavy atom. The second kappa shape index (κ2) is 15.1. The Labute approximate surface area is 438 Å². The number of benzene rings is 7. The molecule has 7 aromatic rings. The van der Waals surface area contributed by atoms with Crippen LogP contribution in [-0.4, -0.2) is 12.3 Å². The molecule has 1 fully saturated rings. The van der Waals surface area contributed by atoms with E-state index in [1.54, 1.807) is 0 Å². The molecule has 3 atom stereocenters. The molecule has 7 aromatic carbocycles. The molecule has 1 saturated carbocycles. The highest BCUT2D eigenvalue weighted by molar-refractivity contribution is 7.00. The van der Waals surface area contributed by atoms with Crippen LogP contribution in [0.1, 0.15) is 174 Å². The van der Waals surface area contributed by atoms with Crippen molar-refractivity contribution in [2.24, 2.45) is 0 Å². The average Bonchev–Trinajstić information content (AvgIpc) is 3.56. The fourth-order valence-corrected chi connectivity index (χ4v) is 15.0. The van der Waals surface area contributed by atoms with Crippen molar-refractivity contribution >= 4 is 68.6 Å². The van der Waals surface area contributed by atoms with E-state index in [4.69, 9.17) is 0 Å². The molecule has 0 spiro atoms. The quantitative estimate of drug-likeness (QED) is 0.160. The van der Waals surface area contributed by atoms with Gasteiger partial charge in [0, 0.05) is 56.2 Å². The molecule has 0 N–H and O–H groups in total. The van der Waals surface area contributed by atoms with E-state index < -0.39 is 0 Å². The fourth-order valence-electron chi connectivity index (χ4n) is 15.0. The summed E-state index contributed by atoms with van der Waals surface area (Å²) in [6, 6.07) is 54.4. The van der Waals surface area contributed by atoms with Crippen LogP contribution in [0.4, 0.5) is 45.5 Å². The first-order chi connectivity index (χ1) is 34.4. The molecule has 4 bridgehead atoms. The van der Waals surface area contributed by atoms with Crippen molar-refractivity contribution in [2.45, 2.75) is 173 Å². The Morgan fingerprint density at radius 2 is 1.07 bits per heavy atom. The standard InChI is InChI=1S/C69H76BN3/c1-63(2,3)44-24-28-48(29-25-44)71-58-31-27-46(65(7,8)9)38-54(58)70-55-41-52-53-42-59(55)72(56-30-26-45(64(4,5)6)37-50(56)43-20-19-21-47(36-43)67(53,12)35-34-66(52,10)11)61-40-49(39-60(71)62(61)70)73-57-23-16-15-22-51(57)68(13)32-17-18-33-69(68,73)14/h15-16,19-31,36-42H,17-18,32-35H2,1-14H3. The molecule has 0 saturated heterocycles. The second-order valence-corrected chi connectivity index (χ2v) is 27.7. The third-order valence-corrected chi connectivity index (χ3v) is 19.8. The maximum absolute atomic E-state index is 2.82. The number of nitrogens with zero attached hydrogens (tertiary/aromatic N) is 3. The summed E-state index contributed by atoms with van der Waals surface area (Å²) in [5.41, 5.74) is 26.7. The largest absolute Gasteiger partial charge is 0.334 e. The van der Waals surface area contributed by atoms with Crippen molar-refractivity contribution in [2.75, 3.05) is 14.7 Å². The van der Waals surface area contributed by atoms with E-state index in [1.165, 1.54) is 131 Å². The number of anilines is 8. The van der Waals surface area contributed by atoms with Crippen molar-refractivity contribution in [1.29, 1.82) is 0 Å². The van der Waals surface area contributed by atoms with Crippen LogP contribution < -0.4 is 31.1 Å². The van der Waals surface area contributed by atoms with Gasteiger partial charge < -0.3 is 14.7 Å². The highest BCUT2D eigenvalue weighted by Gasteiger charge is 2.58. The lowest BCUT2D eigenvalue weighted by Gasteiger charge is -2.51. The van der Waals surface area contributed by atoms with Gasteiger partial charge in [-0.2, -0.15) is 0 Å². The lowest BCUT2D eigenvalue weighted by Crippen LogP contribution is -2.62. The zero-order chi connectivity index (χ0) is 51.2. The molecule has 73 heavy (non-hydrogen) atoms. The van der Waals surface area contributed by atoms with Crippen LogP contribution in [0.15, 0.2) is 133 Å². The van der Waals surface area contributed by atoms with Crippen LogP contribution in [0.25, 0.3) is 11.1 Å². The van der Waals surface area contributed by atoms with E-state index in [9.17, 15) is 0 Å². The molecule has 0 aromatic heterocycles. The predicted octanol–water partition coefficient (Wildman–Crippen LogP) is 16.8. The number of hydrogen-bond donors (Lipinski definition) is 0. The first-order valence-corrected chi connectivity index (χ1v) is 27.8. The molecular formula is C69H76BN3. The van der Waals surface area contributed by atoms with Crippen LogP contribution >= 0.6 is 0 Å². The molecule has 4 heterocycles. The van der Waals surface area contributed by atoms with E-state index in [0.29, 0.717) is 0 Å². The first kappa shape index (κ1) is 46.8. The van der Waals surface area contributed by atoms with Crippen molar-refractivity contribution in [3.8, 4) is 11.1 Å². The monoisotopic (exact) mass is 958 g/mol. The van der Waals surface area contributed by atoms with Gasteiger partial charge in [0.1, 0.15) is 0 Å². The minimum atomic E-state index is -0.160. The molecule has 6 aliphatic rings. The van der Waals surface area contributed by atoms with Crippen LogP contribution in [0, 0.1) is 0 Å². The minimum absolute atomic E-state index is 0.000260. The second-order valence-electron chi connectivity index (χ2n) is 27.7. The number of rotatable bonds is 2. The van der Waals surface area contributed by atoms with Crippen LogP contribution in [0.5, 0.6) is 0 Å². The Balaban J connectivity index is 1.21. The van der Waals surface area contributed by atoms with Gasteiger partial charge in [0.2, 0.25) is 0 Å². The summed E-state index contributed by atoms with van der Waals surface area (Å²) < 4.78 is 0. The number of fused-ring (bicyclic) bond motifs is 13. The summed E-state index contributed by atoms with van der Waals surface area (Å²) in [5.74, 6) is 0. The normalized spacial score (nSPS) is 23.0. The predicted molar refractivity (Wildman–Crippen MR) is 314 cm³/mol. The molecule has 4 aliphatic heterocycles. The van der Waals surface area contributed by atoms with Gasteiger partial charge in [0.05, 0.1) is 11.2 Å². The minimum Gasteiger partial charge on any atom is -0.334 e. The van der Waals surface area contributed by atoms with E-state index in [2.05, 4.69) is 245 Å². The van der Waals surface area contributed by atoms with Gasteiger partial charge in [0.15, 0.2) is 0 Å². The Kier molecular flexibility index (Phi) is 9.66. The van der Waals surface area contributed by atoms with Gasteiger partial charge in [-0.05, 0) is 170 Å². The zero-order valence-corrected chi connectivity index (χ0v) is 46.4. The van der Waals surface area contributed by atoms with Crippen molar-refractivity contribution in [3.63, 3.8) is 0 Å². The van der Waals surface area contributed by atoms with Gasteiger partial charge in [-0.15, -0.1) is 0 Å². The molecule has 13 rings (SSSR count). The SMILES string of the molecule is CC(C)(C)c1ccc(N2c3ccc(C(C)(C)C)cc3B3c4cc5c6cc4N(c4ccc(C(C)(C)C)cc4-c4cccc(c4)C6(C)CCC5(C)C)c4cc(N5c6ccccc6C6(C)CCCCC56C)cc2c43)cc1. The lowest BCUT2D eigenvalue weighted by molar-refractivity contribution is 0.195. The smallest absolute Gasteiger partial charge is 0.252 e. The third-order valence-electron chi connectivity index (χ3n) is 19.8. The lowest BCUT2D eigenvalue weighted by atomic mass is 9.33. The van der Waals surface area contributed by atoms with Crippen molar-refractivity contribution < 1.29 is 0 Å². The molecule has 3 unspecified atom stereocenters. The third kappa shape index (κ3) is 6.50. The number of para-hydroxylation sites is 1. The Bertz CT molecular complexity index is 3470. The highest BCUT2D eigenvalue weighted by atomic mass is 15.3. The van der Waals surface area contributed by atoms with Crippen molar-refractivity contribution in [1.82, 2.24) is 0 Å².